The lowest BCUT2D eigenvalue weighted by Crippen LogP contribution is -2.53. The van der Waals surface area contributed by atoms with Gasteiger partial charge < -0.3 is 15.0 Å². The monoisotopic (exact) mass is 645 g/mol. The summed E-state index contributed by atoms with van der Waals surface area (Å²) in [6.45, 7) is 5.38. The Hall–Kier alpha value is -4.70. The lowest BCUT2D eigenvalue weighted by atomic mass is 10.0. The highest BCUT2D eigenvalue weighted by Crippen LogP contribution is 2.33. The Morgan fingerprint density at radius 3 is 2.11 bits per heavy atom. The molecule has 0 aliphatic rings. The van der Waals surface area contributed by atoms with Crippen LogP contribution in [0.15, 0.2) is 114 Å². The highest BCUT2D eigenvalue weighted by Gasteiger charge is 2.35. The van der Waals surface area contributed by atoms with Gasteiger partial charge in [-0.1, -0.05) is 92.7 Å². The van der Waals surface area contributed by atoms with E-state index in [9.17, 15) is 18.0 Å². The number of benzene rings is 4. The van der Waals surface area contributed by atoms with Crippen LogP contribution >= 0.6 is 0 Å². The molecule has 0 heterocycles. The number of ether oxygens (including phenoxy) is 1. The van der Waals surface area contributed by atoms with E-state index in [4.69, 9.17) is 4.74 Å². The molecule has 0 saturated heterocycles. The maximum absolute atomic E-state index is 15.1. The summed E-state index contributed by atoms with van der Waals surface area (Å²) in [6.07, 6.45) is 0.131. The zero-order chi connectivity index (χ0) is 33.1. The van der Waals surface area contributed by atoms with Crippen molar-refractivity contribution < 1.29 is 27.1 Å². The Kier molecular flexibility index (Phi) is 11.9. The van der Waals surface area contributed by atoms with E-state index in [1.54, 1.807) is 67.6 Å². The van der Waals surface area contributed by atoms with E-state index in [1.165, 1.54) is 23.1 Å². The number of nitrogens with one attached hydrogen (secondary N) is 1. The summed E-state index contributed by atoms with van der Waals surface area (Å²) in [5.74, 6) is -1.24. The van der Waals surface area contributed by atoms with Gasteiger partial charge >= 0.3 is 0 Å². The van der Waals surface area contributed by atoms with Gasteiger partial charge in [0.25, 0.3) is 10.0 Å². The Balaban J connectivity index is 1.83. The maximum Gasteiger partial charge on any atom is 0.264 e. The van der Waals surface area contributed by atoms with E-state index in [-0.39, 0.29) is 47.4 Å². The third-order valence-electron chi connectivity index (χ3n) is 7.30. The number of anilines is 1. The number of sulfonamides is 1. The second-order valence-corrected chi connectivity index (χ2v) is 13.0. The number of nitrogens with zero attached hydrogens (tertiary/aromatic N) is 2. The van der Waals surface area contributed by atoms with Crippen molar-refractivity contribution in [3.8, 4) is 5.75 Å². The van der Waals surface area contributed by atoms with Gasteiger partial charge in [0.1, 0.15) is 24.2 Å². The van der Waals surface area contributed by atoms with Crippen LogP contribution in [0, 0.1) is 11.7 Å². The maximum atomic E-state index is 15.1. The molecule has 2 amide bonds. The van der Waals surface area contributed by atoms with E-state index >= 15 is 4.39 Å². The molecule has 0 spiro atoms. The van der Waals surface area contributed by atoms with Crippen molar-refractivity contribution in [3.05, 3.63) is 126 Å². The fourth-order valence-corrected chi connectivity index (χ4v) is 6.41. The molecule has 4 aromatic carbocycles. The number of carbonyl (C=O) groups is 2. The first-order chi connectivity index (χ1) is 22.1. The minimum Gasteiger partial charge on any atom is -0.492 e. The van der Waals surface area contributed by atoms with Gasteiger partial charge in [0, 0.05) is 25.1 Å². The van der Waals surface area contributed by atoms with Gasteiger partial charge in [0.15, 0.2) is 0 Å². The van der Waals surface area contributed by atoms with Crippen LogP contribution in [0.4, 0.5) is 10.1 Å². The predicted molar refractivity (Wildman–Crippen MR) is 177 cm³/mol. The number of halogens is 1. The molecule has 0 bridgehead atoms. The van der Waals surface area contributed by atoms with Crippen LogP contribution in [-0.4, -0.2) is 50.9 Å². The van der Waals surface area contributed by atoms with Crippen molar-refractivity contribution in [2.45, 2.75) is 44.7 Å². The first-order valence-electron chi connectivity index (χ1n) is 15.3. The van der Waals surface area contributed by atoms with E-state index < -0.39 is 40.2 Å². The van der Waals surface area contributed by atoms with Crippen LogP contribution in [0.3, 0.4) is 0 Å². The van der Waals surface area contributed by atoms with Crippen molar-refractivity contribution in [1.29, 1.82) is 0 Å². The second-order valence-electron chi connectivity index (χ2n) is 11.2. The molecule has 10 heteroatoms. The van der Waals surface area contributed by atoms with Gasteiger partial charge in [-0.15, -0.1) is 0 Å². The van der Waals surface area contributed by atoms with Crippen molar-refractivity contribution in [2.24, 2.45) is 5.92 Å². The minimum atomic E-state index is -4.30. The largest absolute Gasteiger partial charge is 0.492 e. The number of carbonyl (C=O) groups excluding carboxylic acids is 2. The third kappa shape index (κ3) is 8.72. The Morgan fingerprint density at radius 1 is 0.848 bits per heavy atom. The lowest BCUT2D eigenvalue weighted by Gasteiger charge is -2.34. The number of hydrogen-bond acceptors (Lipinski definition) is 5. The molecule has 0 aliphatic carbocycles. The van der Waals surface area contributed by atoms with Gasteiger partial charge in [-0.3, -0.25) is 13.9 Å². The van der Waals surface area contributed by atoms with Crippen molar-refractivity contribution >= 4 is 27.5 Å². The zero-order valence-electron chi connectivity index (χ0n) is 26.3. The molecule has 4 aromatic rings. The quantitative estimate of drug-likeness (QED) is 0.176. The summed E-state index contributed by atoms with van der Waals surface area (Å²) in [5, 5.41) is 2.93. The van der Waals surface area contributed by atoms with E-state index in [2.05, 4.69) is 5.32 Å². The molecule has 4 rings (SSSR count). The molecule has 0 unspecified atom stereocenters. The number of amides is 2. The Bertz CT molecular complexity index is 1700. The van der Waals surface area contributed by atoms with Crippen molar-refractivity contribution in [2.75, 3.05) is 24.0 Å². The standard InChI is InChI=1S/C36H40FN3O5S/c1-4-45-34-22-14-13-21-32(34)40(46(43,44)30-18-9-6-10-19-30)26-35(41)39(25-29-17-11-12-20-31(29)37)33(36(42)38-24-27(2)3)23-28-15-7-5-8-16-28/h5-22,27,33H,4,23-26H2,1-3H3,(H,38,42)/t33-/m0/s1. The molecule has 1 atom stereocenters. The summed E-state index contributed by atoms with van der Waals surface area (Å²) >= 11 is 0. The fraction of sp³-hybridized carbons (Fsp3) is 0.278. The van der Waals surface area contributed by atoms with Gasteiger partial charge in [-0.25, -0.2) is 12.8 Å². The highest BCUT2D eigenvalue weighted by molar-refractivity contribution is 7.92. The molecule has 0 radical (unpaired) electrons. The molecule has 0 fully saturated rings. The molecule has 242 valence electrons. The van der Waals surface area contributed by atoms with E-state index in [0.717, 1.165) is 9.87 Å². The third-order valence-corrected chi connectivity index (χ3v) is 9.07. The molecule has 46 heavy (non-hydrogen) atoms. The van der Waals surface area contributed by atoms with Gasteiger partial charge in [0.2, 0.25) is 11.8 Å². The van der Waals surface area contributed by atoms with Crippen LogP contribution in [0.25, 0.3) is 0 Å². The lowest BCUT2D eigenvalue weighted by molar-refractivity contribution is -0.140. The Morgan fingerprint density at radius 2 is 1.46 bits per heavy atom. The summed E-state index contributed by atoms with van der Waals surface area (Å²) < 4.78 is 50.2. The summed E-state index contributed by atoms with van der Waals surface area (Å²) in [6, 6.07) is 28.5. The first kappa shape index (κ1) is 34.2. The van der Waals surface area contributed by atoms with Crippen LogP contribution in [0.2, 0.25) is 0 Å². The number of rotatable bonds is 15. The molecule has 1 N–H and O–H groups in total. The number of hydrogen-bond donors (Lipinski definition) is 1. The highest BCUT2D eigenvalue weighted by atomic mass is 32.2. The summed E-state index contributed by atoms with van der Waals surface area (Å²) in [5.41, 5.74) is 1.14. The Labute approximate surface area is 270 Å². The molecular formula is C36H40FN3O5S. The SMILES string of the molecule is CCOc1ccccc1N(CC(=O)N(Cc1ccccc1F)[C@@H](Cc1ccccc1)C(=O)NCC(C)C)S(=O)(=O)c1ccccc1. The van der Waals surface area contributed by atoms with Gasteiger partial charge in [-0.05, 0) is 48.7 Å². The molecule has 8 nitrogen and oxygen atoms in total. The molecule has 0 aromatic heterocycles. The van der Waals surface area contributed by atoms with E-state index in [1.807, 2.05) is 44.2 Å². The molecule has 0 aliphatic heterocycles. The first-order valence-corrected chi connectivity index (χ1v) is 16.7. The topological polar surface area (TPSA) is 96.0 Å². The fourth-order valence-electron chi connectivity index (χ4n) is 4.96. The van der Waals surface area contributed by atoms with Crippen LogP contribution in [-0.2, 0) is 32.6 Å². The zero-order valence-corrected chi connectivity index (χ0v) is 27.1. The summed E-state index contributed by atoms with van der Waals surface area (Å²) in [7, 11) is -4.30. The van der Waals surface area contributed by atoms with Gasteiger partial charge in [-0.2, -0.15) is 0 Å². The normalized spacial score (nSPS) is 11.9. The average Bonchev–Trinajstić information content (AvgIpc) is 3.06. The molecular weight excluding hydrogens is 605 g/mol. The van der Waals surface area contributed by atoms with Crippen LogP contribution in [0.1, 0.15) is 31.9 Å². The smallest absolute Gasteiger partial charge is 0.264 e. The van der Waals surface area contributed by atoms with Crippen LogP contribution in [0.5, 0.6) is 5.75 Å². The van der Waals surface area contributed by atoms with E-state index in [0.29, 0.717) is 6.54 Å². The second kappa shape index (κ2) is 16.0. The number of para-hydroxylation sites is 2. The van der Waals surface area contributed by atoms with Crippen molar-refractivity contribution in [3.63, 3.8) is 0 Å². The van der Waals surface area contributed by atoms with Gasteiger partial charge in [0.05, 0.1) is 17.2 Å². The van der Waals surface area contributed by atoms with Crippen LogP contribution < -0.4 is 14.4 Å². The molecule has 0 saturated carbocycles. The predicted octanol–water partition coefficient (Wildman–Crippen LogP) is 5.83. The van der Waals surface area contributed by atoms with Crippen molar-refractivity contribution in [1.82, 2.24) is 10.2 Å². The minimum absolute atomic E-state index is 0.0229. The average molecular weight is 646 g/mol. The summed E-state index contributed by atoms with van der Waals surface area (Å²) in [4.78, 5) is 29.6.